The highest BCUT2D eigenvalue weighted by Gasteiger charge is 2.19. The van der Waals surface area contributed by atoms with Crippen LogP contribution in [0.3, 0.4) is 0 Å². The summed E-state index contributed by atoms with van der Waals surface area (Å²) in [6.45, 7) is 2.42. The van der Waals surface area contributed by atoms with Crippen LogP contribution in [0.5, 0.6) is 0 Å². The monoisotopic (exact) mass is 294 g/mol. The summed E-state index contributed by atoms with van der Waals surface area (Å²) in [5.74, 6) is -1.03. The molecule has 0 bridgehead atoms. The fraction of sp³-hybridized carbons (Fsp3) is 0.467. The molecule has 1 atom stereocenters. The van der Waals surface area contributed by atoms with E-state index in [2.05, 4.69) is 10.6 Å². The van der Waals surface area contributed by atoms with Crippen LogP contribution >= 0.6 is 0 Å². The standard InChI is InChI=1S/C15H22N2O4/c1-3-6-13(14(18)19)17-15(20)16-12-8-5-4-7-11(12)9-10-21-2/h4-5,7-8,13H,3,6,9-10H2,1-2H3,(H,18,19)(H2,16,17,20)/t13-/m0/s1. The first-order valence-corrected chi connectivity index (χ1v) is 6.95. The second-order valence-electron chi connectivity index (χ2n) is 4.68. The van der Waals surface area contributed by atoms with Crippen molar-refractivity contribution in [3.8, 4) is 0 Å². The Morgan fingerprint density at radius 1 is 1.33 bits per heavy atom. The zero-order valence-electron chi connectivity index (χ0n) is 12.4. The van der Waals surface area contributed by atoms with Crippen molar-refractivity contribution in [2.45, 2.75) is 32.2 Å². The smallest absolute Gasteiger partial charge is 0.326 e. The van der Waals surface area contributed by atoms with Crippen molar-refractivity contribution >= 4 is 17.7 Å². The summed E-state index contributed by atoms with van der Waals surface area (Å²) in [5, 5.41) is 14.2. The van der Waals surface area contributed by atoms with Gasteiger partial charge in [0.25, 0.3) is 0 Å². The van der Waals surface area contributed by atoms with E-state index in [1.54, 1.807) is 13.2 Å². The van der Waals surface area contributed by atoms with E-state index in [4.69, 9.17) is 9.84 Å². The van der Waals surface area contributed by atoms with Gasteiger partial charge in [0.15, 0.2) is 0 Å². The summed E-state index contributed by atoms with van der Waals surface area (Å²) in [7, 11) is 1.62. The molecule has 0 aliphatic heterocycles. The predicted octanol–water partition coefficient (Wildman–Crippen LogP) is 2.25. The number of carbonyl (C=O) groups excluding carboxylic acids is 1. The molecule has 0 aliphatic rings. The number of ether oxygens (including phenoxy) is 1. The number of hydrogen-bond donors (Lipinski definition) is 3. The third-order valence-electron chi connectivity index (χ3n) is 3.02. The number of hydrogen-bond acceptors (Lipinski definition) is 3. The summed E-state index contributed by atoms with van der Waals surface area (Å²) in [6, 6.07) is 5.98. The lowest BCUT2D eigenvalue weighted by Crippen LogP contribution is -2.43. The van der Waals surface area contributed by atoms with Gasteiger partial charge in [-0.25, -0.2) is 9.59 Å². The number of methoxy groups -OCH3 is 1. The van der Waals surface area contributed by atoms with E-state index in [-0.39, 0.29) is 0 Å². The number of para-hydroxylation sites is 1. The Balaban J connectivity index is 2.67. The van der Waals surface area contributed by atoms with E-state index >= 15 is 0 Å². The highest BCUT2D eigenvalue weighted by atomic mass is 16.5. The lowest BCUT2D eigenvalue weighted by Gasteiger charge is -2.16. The number of anilines is 1. The van der Waals surface area contributed by atoms with E-state index in [0.717, 1.165) is 5.56 Å². The molecule has 1 aromatic rings. The molecule has 6 nitrogen and oxygen atoms in total. The van der Waals surface area contributed by atoms with Gasteiger partial charge in [-0.15, -0.1) is 0 Å². The van der Waals surface area contributed by atoms with Crippen LogP contribution in [0.1, 0.15) is 25.3 Å². The number of aliphatic carboxylic acids is 1. The third kappa shape index (κ3) is 5.83. The normalized spacial score (nSPS) is 11.7. The van der Waals surface area contributed by atoms with E-state index in [1.807, 2.05) is 25.1 Å². The first kappa shape index (κ1) is 17.0. The molecule has 0 aliphatic carbocycles. The first-order chi connectivity index (χ1) is 10.1. The average molecular weight is 294 g/mol. The second kappa shape index (κ2) is 8.97. The molecule has 6 heteroatoms. The molecule has 1 rings (SSSR count). The third-order valence-corrected chi connectivity index (χ3v) is 3.02. The van der Waals surface area contributed by atoms with Crippen molar-refractivity contribution in [3.63, 3.8) is 0 Å². The van der Waals surface area contributed by atoms with Crippen LogP contribution in [-0.2, 0) is 16.0 Å². The largest absolute Gasteiger partial charge is 0.480 e. The SMILES string of the molecule is CCC[C@H](NC(=O)Nc1ccccc1CCOC)C(=O)O. The van der Waals surface area contributed by atoms with Crippen molar-refractivity contribution in [1.29, 1.82) is 0 Å². The Kier molecular flexibility index (Phi) is 7.25. The van der Waals surface area contributed by atoms with Gasteiger partial charge in [0.05, 0.1) is 6.61 Å². The lowest BCUT2D eigenvalue weighted by molar-refractivity contribution is -0.139. The Morgan fingerprint density at radius 3 is 2.67 bits per heavy atom. The molecule has 2 amide bonds. The van der Waals surface area contributed by atoms with Crippen LogP contribution in [0.15, 0.2) is 24.3 Å². The van der Waals surface area contributed by atoms with E-state index < -0.39 is 18.0 Å². The van der Waals surface area contributed by atoms with Crippen molar-refractivity contribution in [3.05, 3.63) is 29.8 Å². The topological polar surface area (TPSA) is 87.7 Å². The van der Waals surface area contributed by atoms with Crippen LogP contribution in [0.2, 0.25) is 0 Å². The minimum Gasteiger partial charge on any atom is -0.480 e. The molecular formula is C15H22N2O4. The highest BCUT2D eigenvalue weighted by Crippen LogP contribution is 2.15. The van der Waals surface area contributed by atoms with Crippen LogP contribution in [0, 0.1) is 0 Å². The number of rotatable bonds is 8. The molecule has 1 aromatic carbocycles. The van der Waals surface area contributed by atoms with E-state index in [1.165, 1.54) is 0 Å². The fourth-order valence-electron chi connectivity index (χ4n) is 1.93. The van der Waals surface area contributed by atoms with Crippen LogP contribution in [0.4, 0.5) is 10.5 Å². The molecule has 0 unspecified atom stereocenters. The zero-order valence-corrected chi connectivity index (χ0v) is 12.4. The Labute approximate surface area is 124 Å². The number of benzene rings is 1. The maximum Gasteiger partial charge on any atom is 0.326 e. The van der Waals surface area contributed by atoms with Crippen LogP contribution < -0.4 is 10.6 Å². The molecule has 0 saturated heterocycles. The van der Waals surface area contributed by atoms with Crippen molar-refractivity contribution in [2.24, 2.45) is 0 Å². The number of amides is 2. The van der Waals surface area contributed by atoms with Gasteiger partial charge in [-0.3, -0.25) is 0 Å². The maximum atomic E-state index is 11.9. The summed E-state index contributed by atoms with van der Waals surface area (Å²) in [5.41, 5.74) is 1.60. The van der Waals surface area contributed by atoms with E-state index in [0.29, 0.717) is 31.6 Å². The highest BCUT2D eigenvalue weighted by molar-refractivity contribution is 5.92. The molecule has 0 saturated carbocycles. The summed E-state index contributed by atoms with van der Waals surface area (Å²) < 4.78 is 5.03. The van der Waals surface area contributed by atoms with Crippen molar-refractivity contribution in [2.75, 3.05) is 19.0 Å². The number of carbonyl (C=O) groups is 2. The molecule has 21 heavy (non-hydrogen) atoms. The molecule has 0 heterocycles. The average Bonchev–Trinajstić information content (AvgIpc) is 2.45. The molecule has 3 N–H and O–H groups in total. The molecule has 116 valence electrons. The van der Waals surface area contributed by atoms with Gasteiger partial charge in [0, 0.05) is 12.8 Å². The number of carboxylic acid groups (broad SMARTS) is 1. The Bertz CT molecular complexity index is 476. The Morgan fingerprint density at radius 2 is 2.05 bits per heavy atom. The predicted molar refractivity (Wildman–Crippen MR) is 80.5 cm³/mol. The van der Waals surface area contributed by atoms with Gasteiger partial charge in [-0.05, 0) is 24.5 Å². The summed E-state index contributed by atoms with van der Waals surface area (Å²) in [6.07, 6.45) is 1.75. The first-order valence-electron chi connectivity index (χ1n) is 6.95. The second-order valence-corrected chi connectivity index (χ2v) is 4.68. The Hall–Kier alpha value is -2.08. The molecule has 0 fully saturated rings. The number of urea groups is 1. The van der Waals surface area contributed by atoms with Crippen LogP contribution in [-0.4, -0.2) is 36.9 Å². The number of carboxylic acids is 1. The minimum absolute atomic E-state index is 0.397. The van der Waals surface area contributed by atoms with Gasteiger partial charge >= 0.3 is 12.0 Å². The molecule has 0 radical (unpaired) electrons. The van der Waals surface area contributed by atoms with Crippen LogP contribution in [0.25, 0.3) is 0 Å². The maximum absolute atomic E-state index is 11.9. The van der Waals surface area contributed by atoms with Crippen molar-refractivity contribution in [1.82, 2.24) is 5.32 Å². The molecule has 0 aromatic heterocycles. The minimum atomic E-state index is -1.03. The summed E-state index contributed by atoms with van der Waals surface area (Å²) >= 11 is 0. The van der Waals surface area contributed by atoms with Gasteiger partial charge < -0.3 is 20.5 Å². The fourth-order valence-corrected chi connectivity index (χ4v) is 1.93. The molecular weight excluding hydrogens is 272 g/mol. The number of nitrogens with one attached hydrogen (secondary N) is 2. The van der Waals surface area contributed by atoms with E-state index in [9.17, 15) is 9.59 Å². The summed E-state index contributed by atoms with van der Waals surface area (Å²) in [4.78, 5) is 22.9. The van der Waals surface area contributed by atoms with Gasteiger partial charge in [0.1, 0.15) is 6.04 Å². The van der Waals surface area contributed by atoms with Gasteiger partial charge in [0.2, 0.25) is 0 Å². The van der Waals surface area contributed by atoms with Gasteiger partial charge in [-0.2, -0.15) is 0 Å². The molecule has 0 spiro atoms. The zero-order chi connectivity index (χ0) is 15.7. The van der Waals surface area contributed by atoms with Gasteiger partial charge in [-0.1, -0.05) is 31.5 Å². The quantitative estimate of drug-likeness (QED) is 0.686. The van der Waals surface area contributed by atoms with Crippen molar-refractivity contribution < 1.29 is 19.4 Å². The lowest BCUT2D eigenvalue weighted by atomic mass is 10.1.